The SMILES string of the molecule is Brc1ncc(-c2cccs2)s1. The summed E-state index contributed by atoms with van der Waals surface area (Å²) in [7, 11) is 0. The molecule has 0 saturated heterocycles. The third-order valence-corrected chi connectivity index (χ3v) is 3.78. The lowest BCUT2D eigenvalue weighted by Gasteiger charge is -1.83. The molecule has 0 saturated carbocycles. The van der Waals surface area contributed by atoms with Gasteiger partial charge in [0.15, 0.2) is 3.92 Å². The van der Waals surface area contributed by atoms with Gasteiger partial charge in [0.25, 0.3) is 0 Å². The maximum Gasteiger partial charge on any atom is 0.159 e. The first-order chi connectivity index (χ1) is 5.36. The first-order valence-corrected chi connectivity index (χ1v) is 5.50. The van der Waals surface area contributed by atoms with E-state index in [1.165, 1.54) is 9.75 Å². The molecule has 0 amide bonds. The molecule has 0 unspecified atom stereocenters. The molecule has 0 atom stereocenters. The number of rotatable bonds is 1. The van der Waals surface area contributed by atoms with Crippen molar-refractivity contribution in [3.63, 3.8) is 0 Å². The van der Waals surface area contributed by atoms with Crippen LogP contribution >= 0.6 is 38.6 Å². The Balaban J connectivity index is 2.45. The standard InChI is InChI=1S/C7H4BrNS2/c8-7-9-4-6(11-7)5-2-1-3-10-5/h1-4H. The van der Waals surface area contributed by atoms with Gasteiger partial charge in [-0.2, -0.15) is 0 Å². The fourth-order valence-corrected chi connectivity index (χ4v) is 2.87. The number of hydrogen-bond donors (Lipinski definition) is 0. The Morgan fingerprint density at radius 1 is 1.36 bits per heavy atom. The molecule has 1 nitrogen and oxygen atoms in total. The van der Waals surface area contributed by atoms with Gasteiger partial charge >= 0.3 is 0 Å². The summed E-state index contributed by atoms with van der Waals surface area (Å²) in [5.41, 5.74) is 0. The van der Waals surface area contributed by atoms with E-state index in [-0.39, 0.29) is 0 Å². The van der Waals surface area contributed by atoms with Crippen molar-refractivity contribution in [2.24, 2.45) is 0 Å². The summed E-state index contributed by atoms with van der Waals surface area (Å²) in [6, 6.07) is 4.15. The molecule has 4 heteroatoms. The van der Waals surface area contributed by atoms with E-state index in [0.717, 1.165) is 3.92 Å². The van der Waals surface area contributed by atoms with Gasteiger partial charge in [-0.15, -0.1) is 22.7 Å². The van der Waals surface area contributed by atoms with E-state index in [1.54, 1.807) is 22.7 Å². The number of nitrogens with zero attached hydrogens (tertiary/aromatic N) is 1. The van der Waals surface area contributed by atoms with Crippen LogP contribution in [0.15, 0.2) is 27.6 Å². The van der Waals surface area contributed by atoms with Crippen molar-refractivity contribution in [3.05, 3.63) is 27.6 Å². The first-order valence-electron chi connectivity index (χ1n) is 3.01. The second-order valence-electron chi connectivity index (χ2n) is 1.95. The molecular weight excluding hydrogens is 242 g/mol. The third-order valence-electron chi connectivity index (χ3n) is 1.24. The highest BCUT2D eigenvalue weighted by molar-refractivity contribution is 9.11. The molecule has 2 aromatic rings. The Labute approximate surface area is 80.9 Å². The Morgan fingerprint density at radius 3 is 2.82 bits per heavy atom. The molecule has 2 aromatic heterocycles. The van der Waals surface area contributed by atoms with Gasteiger partial charge in [-0.1, -0.05) is 6.07 Å². The fourth-order valence-electron chi connectivity index (χ4n) is 0.785. The van der Waals surface area contributed by atoms with Crippen LogP contribution in [0.1, 0.15) is 0 Å². The number of thiazole rings is 1. The Hall–Kier alpha value is -0.190. The zero-order chi connectivity index (χ0) is 7.68. The normalized spacial score (nSPS) is 10.3. The summed E-state index contributed by atoms with van der Waals surface area (Å²) < 4.78 is 0.945. The average molecular weight is 246 g/mol. The van der Waals surface area contributed by atoms with Gasteiger partial charge in [0.05, 0.1) is 4.88 Å². The molecule has 0 aliphatic rings. The molecule has 0 aromatic carbocycles. The second kappa shape index (κ2) is 3.05. The quantitative estimate of drug-likeness (QED) is 0.748. The van der Waals surface area contributed by atoms with Crippen molar-refractivity contribution in [2.75, 3.05) is 0 Å². The Morgan fingerprint density at radius 2 is 2.27 bits per heavy atom. The maximum atomic E-state index is 4.11. The lowest BCUT2D eigenvalue weighted by molar-refractivity contribution is 1.38. The smallest absolute Gasteiger partial charge is 0.159 e. The lowest BCUT2D eigenvalue weighted by atomic mass is 10.4. The van der Waals surface area contributed by atoms with Crippen molar-refractivity contribution >= 4 is 38.6 Å². The van der Waals surface area contributed by atoms with Gasteiger partial charge in [0, 0.05) is 11.1 Å². The molecule has 56 valence electrons. The van der Waals surface area contributed by atoms with Crippen LogP contribution in [-0.4, -0.2) is 4.98 Å². The number of aromatic nitrogens is 1. The molecule has 0 fully saturated rings. The van der Waals surface area contributed by atoms with Crippen molar-refractivity contribution in [1.82, 2.24) is 4.98 Å². The van der Waals surface area contributed by atoms with E-state index >= 15 is 0 Å². The molecule has 0 N–H and O–H groups in total. The third kappa shape index (κ3) is 1.52. The van der Waals surface area contributed by atoms with Crippen molar-refractivity contribution in [3.8, 4) is 9.75 Å². The summed E-state index contributed by atoms with van der Waals surface area (Å²) >= 11 is 6.73. The highest BCUT2D eigenvalue weighted by Crippen LogP contribution is 2.31. The van der Waals surface area contributed by atoms with Gasteiger partial charge < -0.3 is 0 Å². The molecule has 0 bridgehead atoms. The largest absolute Gasteiger partial charge is 0.237 e. The summed E-state index contributed by atoms with van der Waals surface area (Å²) in [6.07, 6.45) is 1.89. The first kappa shape index (κ1) is 7.46. The summed E-state index contributed by atoms with van der Waals surface area (Å²) in [5.74, 6) is 0. The predicted octanol–water partition coefficient (Wildman–Crippen LogP) is 3.63. The number of halogens is 1. The molecule has 2 heterocycles. The van der Waals surface area contributed by atoms with Crippen LogP contribution in [0.4, 0.5) is 0 Å². The van der Waals surface area contributed by atoms with Gasteiger partial charge in [0.2, 0.25) is 0 Å². The van der Waals surface area contributed by atoms with Gasteiger partial charge in [0.1, 0.15) is 0 Å². The molecule has 0 aliphatic heterocycles. The summed E-state index contributed by atoms with van der Waals surface area (Å²) in [5, 5.41) is 2.07. The molecule has 0 radical (unpaired) electrons. The molecule has 11 heavy (non-hydrogen) atoms. The van der Waals surface area contributed by atoms with E-state index in [2.05, 4.69) is 32.4 Å². The zero-order valence-corrected chi connectivity index (χ0v) is 8.67. The van der Waals surface area contributed by atoms with Gasteiger partial charge in [-0.3, -0.25) is 0 Å². The zero-order valence-electron chi connectivity index (χ0n) is 5.45. The van der Waals surface area contributed by atoms with E-state index in [0.29, 0.717) is 0 Å². The number of hydrogen-bond acceptors (Lipinski definition) is 3. The van der Waals surface area contributed by atoms with Crippen LogP contribution in [0.2, 0.25) is 0 Å². The monoisotopic (exact) mass is 245 g/mol. The molecular formula is C7H4BrNS2. The fraction of sp³-hybridized carbons (Fsp3) is 0. The van der Waals surface area contributed by atoms with Crippen molar-refractivity contribution < 1.29 is 0 Å². The summed E-state index contributed by atoms with van der Waals surface area (Å²) in [4.78, 5) is 6.63. The molecule has 0 aliphatic carbocycles. The van der Waals surface area contributed by atoms with Crippen molar-refractivity contribution in [2.45, 2.75) is 0 Å². The minimum Gasteiger partial charge on any atom is -0.237 e. The Kier molecular flexibility index (Phi) is 2.07. The average Bonchev–Trinajstić information content (AvgIpc) is 2.55. The van der Waals surface area contributed by atoms with E-state index < -0.39 is 0 Å². The van der Waals surface area contributed by atoms with E-state index in [9.17, 15) is 0 Å². The highest BCUT2D eigenvalue weighted by atomic mass is 79.9. The van der Waals surface area contributed by atoms with Crippen molar-refractivity contribution in [1.29, 1.82) is 0 Å². The van der Waals surface area contributed by atoms with Gasteiger partial charge in [-0.25, -0.2) is 4.98 Å². The van der Waals surface area contributed by atoms with Crippen LogP contribution in [0.3, 0.4) is 0 Å². The highest BCUT2D eigenvalue weighted by Gasteiger charge is 2.01. The predicted molar refractivity (Wildman–Crippen MR) is 53.1 cm³/mol. The van der Waals surface area contributed by atoms with Crippen LogP contribution in [0.25, 0.3) is 9.75 Å². The van der Waals surface area contributed by atoms with Crippen LogP contribution in [0.5, 0.6) is 0 Å². The number of thiophene rings is 1. The molecule has 2 rings (SSSR count). The minimum atomic E-state index is 0.945. The molecule has 0 spiro atoms. The minimum absolute atomic E-state index is 0.945. The van der Waals surface area contributed by atoms with E-state index in [4.69, 9.17) is 0 Å². The second-order valence-corrected chi connectivity index (χ2v) is 5.21. The summed E-state index contributed by atoms with van der Waals surface area (Å²) in [6.45, 7) is 0. The van der Waals surface area contributed by atoms with E-state index in [1.807, 2.05) is 12.3 Å². The maximum absolute atomic E-state index is 4.11. The topological polar surface area (TPSA) is 12.9 Å². The van der Waals surface area contributed by atoms with Crippen LogP contribution in [0, 0.1) is 0 Å². The Bertz CT molecular complexity index is 339. The van der Waals surface area contributed by atoms with Crippen LogP contribution in [-0.2, 0) is 0 Å². The van der Waals surface area contributed by atoms with Crippen LogP contribution < -0.4 is 0 Å². The van der Waals surface area contributed by atoms with Gasteiger partial charge in [-0.05, 0) is 27.4 Å². The lowest BCUT2D eigenvalue weighted by Crippen LogP contribution is -1.57.